The zero-order valence-electron chi connectivity index (χ0n) is 13.2. The van der Waals surface area contributed by atoms with Gasteiger partial charge in [-0.3, -0.25) is 4.79 Å². The molecule has 0 amide bonds. The van der Waals surface area contributed by atoms with Crippen molar-refractivity contribution >= 4 is 62.6 Å². The maximum absolute atomic E-state index is 13.5. The molecule has 0 radical (unpaired) electrons. The highest BCUT2D eigenvalue weighted by Crippen LogP contribution is 2.41. The van der Waals surface area contributed by atoms with Gasteiger partial charge < -0.3 is 0 Å². The molecule has 0 aromatic heterocycles. The molecule has 26 heavy (non-hydrogen) atoms. The number of hydrogen-bond donors (Lipinski definition) is 0. The fraction of sp³-hybridized carbons (Fsp3) is 0.167. The summed E-state index contributed by atoms with van der Waals surface area (Å²) in [6.45, 7) is 1.41. The fourth-order valence-electron chi connectivity index (χ4n) is 2.29. The number of carbonyl (C=O) groups excluding carboxylic acids is 1. The molecule has 2 aromatic carbocycles. The van der Waals surface area contributed by atoms with E-state index in [-0.39, 0.29) is 26.4 Å². The van der Waals surface area contributed by atoms with Gasteiger partial charge >= 0.3 is 6.18 Å². The molecule has 8 heteroatoms. The predicted octanol–water partition coefficient (Wildman–Crippen LogP) is 7.97. The highest BCUT2D eigenvalue weighted by atomic mass is 79.9. The van der Waals surface area contributed by atoms with E-state index >= 15 is 0 Å². The van der Waals surface area contributed by atoms with Crippen LogP contribution in [-0.4, -0.2) is 12.0 Å². The van der Waals surface area contributed by atoms with E-state index in [1.807, 2.05) is 0 Å². The monoisotopic (exact) mass is 484 g/mol. The number of Topliss-reactive ketones (excluding diaryl/α,β-unsaturated/α-hetero) is 1. The standard InChI is InChI=1S/C18H11BrCl3F3O/c1-9(26)12-4-2-10(6-14(12)19)3-5-13(18(23,24)25)11-7-15(20)17(22)16(21)8-11/h2-8,13H,1H3/b5-3+. The Balaban J connectivity index is 2.42. The molecule has 2 rings (SSSR count). The van der Waals surface area contributed by atoms with Gasteiger partial charge in [0.25, 0.3) is 0 Å². The van der Waals surface area contributed by atoms with Crippen molar-refractivity contribution in [3.05, 3.63) is 72.6 Å². The number of benzene rings is 2. The van der Waals surface area contributed by atoms with E-state index in [9.17, 15) is 18.0 Å². The van der Waals surface area contributed by atoms with Gasteiger partial charge in [0, 0.05) is 10.0 Å². The lowest BCUT2D eigenvalue weighted by atomic mass is 9.97. The normalized spacial score (nSPS) is 13.2. The highest BCUT2D eigenvalue weighted by molar-refractivity contribution is 9.10. The van der Waals surface area contributed by atoms with Gasteiger partial charge in [0.2, 0.25) is 0 Å². The SMILES string of the molecule is CC(=O)c1ccc(/C=C/C(c2cc(Cl)c(Cl)c(Cl)c2)C(F)(F)F)cc1Br. The molecule has 0 heterocycles. The van der Waals surface area contributed by atoms with Crippen molar-refractivity contribution in [2.45, 2.75) is 19.0 Å². The van der Waals surface area contributed by atoms with Crippen LogP contribution in [0.2, 0.25) is 15.1 Å². The Labute approximate surface area is 171 Å². The maximum Gasteiger partial charge on any atom is 0.399 e. The van der Waals surface area contributed by atoms with Crippen LogP contribution in [0, 0.1) is 0 Å². The van der Waals surface area contributed by atoms with Crippen molar-refractivity contribution in [2.75, 3.05) is 0 Å². The van der Waals surface area contributed by atoms with Crippen molar-refractivity contribution < 1.29 is 18.0 Å². The summed E-state index contributed by atoms with van der Waals surface area (Å²) in [6, 6.07) is 6.97. The predicted molar refractivity (Wildman–Crippen MR) is 103 cm³/mol. The summed E-state index contributed by atoms with van der Waals surface area (Å²) in [6.07, 6.45) is -2.22. The van der Waals surface area contributed by atoms with Crippen molar-refractivity contribution in [3.8, 4) is 0 Å². The van der Waals surface area contributed by atoms with E-state index in [1.54, 1.807) is 18.2 Å². The third-order valence-electron chi connectivity index (χ3n) is 3.57. The van der Waals surface area contributed by atoms with Gasteiger partial charge in [0.1, 0.15) is 0 Å². The number of ketones is 1. The van der Waals surface area contributed by atoms with E-state index < -0.39 is 12.1 Å². The molecule has 0 fully saturated rings. The van der Waals surface area contributed by atoms with Gasteiger partial charge in [-0.15, -0.1) is 0 Å². The number of halogens is 7. The van der Waals surface area contributed by atoms with Crippen LogP contribution in [0.5, 0.6) is 0 Å². The summed E-state index contributed by atoms with van der Waals surface area (Å²) in [5, 5.41) is -0.0958. The molecule has 0 aliphatic carbocycles. The maximum atomic E-state index is 13.5. The van der Waals surface area contributed by atoms with Gasteiger partial charge in [0.15, 0.2) is 5.78 Å². The van der Waals surface area contributed by atoms with Gasteiger partial charge in [-0.1, -0.05) is 69.0 Å². The first-order chi connectivity index (χ1) is 12.0. The smallest absolute Gasteiger partial charge is 0.294 e. The second-order valence-corrected chi connectivity index (χ2v) is 7.52. The molecule has 0 saturated carbocycles. The molecule has 0 aliphatic rings. The lowest BCUT2D eigenvalue weighted by Crippen LogP contribution is -2.19. The Morgan fingerprint density at radius 3 is 2.15 bits per heavy atom. The van der Waals surface area contributed by atoms with Crippen molar-refractivity contribution in [1.82, 2.24) is 0 Å². The molecule has 0 bridgehead atoms. The topological polar surface area (TPSA) is 17.1 Å². The van der Waals surface area contributed by atoms with Crippen molar-refractivity contribution in [3.63, 3.8) is 0 Å². The average Bonchev–Trinajstić information content (AvgIpc) is 2.51. The van der Waals surface area contributed by atoms with E-state index in [1.165, 1.54) is 13.0 Å². The molecule has 1 nitrogen and oxygen atoms in total. The molecule has 2 aromatic rings. The lowest BCUT2D eigenvalue weighted by Gasteiger charge is -2.18. The minimum Gasteiger partial charge on any atom is -0.294 e. The van der Waals surface area contributed by atoms with Gasteiger partial charge in [-0.05, 0) is 42.3 Å². The first kappa shape index (κ1) is 21.3. The molecular weight excluding hydrogens is 475 g/mol. The summed E-state index contributed by atoms with van der Waals surface area (Å²) in [7, 11) is 0. The van der Waals surface area contributed by atoms with Crippen LogP contribution in [0.3, 0.4) is 0 Å². The largest absolute Gasteiger partial charge is 0.399 e. The molecule has 1 unspecified atom stereocenters. The number of alkyl halides is 3. The fourth-order valence-corrected chi connectivity index (χ4v) is 3.58. The quantitative estimate of drug-likeness (QED) is 0.316. The molecule has 0 saturated heterocycles. The average molecular weight is 487 g/mol. The van der Waals surface area contributed by atoms with Crippen LogP contribution in [0.4, 0.5) is 13.2 Å². The lowest BCUT2D eigenvalue weighted by molar-refractivity contribution is -0.139. The Morgan fingerprint density at radius 1 is 1.12 bits per heavy atom. The third kappa shape index (κ3) is 5.03. The first-order valence-corrected chi connectivity index (χ1v) is 9.13. The number of rotatable bonds is 4. The highest BCUT2D eigenvalue weighted by Gasteiger charge is 2.39. The zero-order chi connectivity index (χ0) is 19.6. The third-order valence-corrected chi connectivity index (χ3v) is 5.42. The Morgan fingerprint density at radius 2 is 1.69 bits per heavy atom. The molecular formula is C18H11BrCl3F3O. The van der Waals surface area contributed by atoms with Crippen LogP contribution in [-0.2, 0) is 0 Å². The summed E-state index contributed by atoms with van der Waals surface area (Å²) >= 11 is 20.7. The zero-order valence-corrected chi connectivity index (χ0v) is 17.0. The van der Waals surface area contributed by atoms with Crippen molar-refractivity contribution in [1.29, 1.82) is 0 Å². The second-order valence-electron chi connectivity index (χ2n) is 5.47. The Hall–Kier alpha value is -1.01. The molecule has 0 N–H and O–H groups in total. The summed E-state index contributed by atoms with van der Waals surface area (Å²) in [5.74, 6) is -2.06. The number of hydrogen-bond acceptors (Lipinski definition) is 1. The molecule has 1 atom stereocenters. The first-order valence-electron chi connectivity index (χ1n) is 7.20. The van der Waals surface area contributed by atoms with Crippen LogP contribution in [0.25, 0.3) is 6.08 Å². The number of carbonyl (C=O) groups is 1. The van der Waals surface area contributed by atoms with E-state index in [4.69, 9.17) is 34.8 Å². The van der Waals surface area contributed by atoms with Gasteiger partial charge in [-0.25, -0.2) is 0 Å². The Bertz CT molecular complexity index is 855. The summed E-state index contributed by atoms with van der Waals surface area (Å²) in [5.41, 5.74) is 0.834. The van der Waals surface area contributed by atoms with Crippen LogP contribution < -0.4 is 0 Å². The molecule has 0 spiro atoms. The number of allylic oxidation sites excluding steroid dienone is 1. The van der Waals surface area contributed by atoms with Crippen LogP contribution >= 0.6 is 50.7 Å². The minimum atomic E-state index is -4.55. The van der Waals surface area contributed by atoms with E-state index in [0.717, 1.165) is 18.2 Å². The van der Waals surface area contributed by atoms with Gasteiger partial charge in [-0.2, -0.15) is 13.2 Å². The van der Waals surface area contributed by atoms with Crippen LogP contribution in [0.1, 0.15) is 34.3 Å². The minimum absolute atomic E-state index is 0.00531. The van der Waals surface area contributed by atoms with E-state index in [2.05, 4.69) is 15.9 Å². The van der Waals surface area contributed by atoms with Gasteiger partial charge in [0.05, 0.1) is 21.0 Å². The van der Waals surface area contributed by atoms with E-state index in [0.29, 0.717) is 15.6 Å². The summed E-state index contributed by atoms with van der Waals surface area (Å²) < 4.78 is 41.0. The Kier molecular flexibility index (Phi) is 6.83. The molecule has 0 aliphatic heterocycles. The second kappa shape index (κ2) is 8.34. The summed E-state index contributed by atoms with van der Waals surface area (Å²) in [4.78, 5) is 11.4. The molecule has 138 valence electrons. The van der Waals surface area contributed by atoms with Crippen molar-refractivity contribution in [2.24, 2.45) is 0 Å². The van der Waals surface area contributed by atoms with Crippen LogP contribution in [0.15, 0.2) is 40.9 Å².